The van der Waals surface area contributed by atoms with Crippen LogP contribution in [-0.2, 0) is 9.59 Å². The Kier molecular flexibility index (Phi) is 4.70. The zero-order chi connectivity index (χ0) is 16.9. The molecule has 5 heteroatoms. The molecule has 122 valence electrons. The van der Waals surface area contributed by atoms with Gasteiger partial charge in [-0.15, -0.1) is 0 Å². The van der Waals surface area contributed by atoms with Crippen molar-refractivity contribution >= 4 is 23.6 Å². The summed E-state index contributed by atoms with van der Waals surface area (Å²) in [5.41, 5.74) is 1.57. The van der Waals surface area contributed by atoms with Crippen molar-refractivity contribution in [3.63, 3.8) is 0 Å². The van der Waals surface area contributed by atoms with Gasteiger partial charge in [0.1, 0.15) is 5.82 Å². The van der Waals surface area contributed by atoms with Gasteiger partial charge < -0.3 is 10.2 Å². The quantitative estimate of drug-likeness (QED) is 0.879. The molecule has 1 heterocycles. The first-order chi connectivity index (χ1) is 11.6. The van der Waals surface area contributed by atoms with Crippen LogP contribution in [0.15, 0.2) is 60.7 Å². The molecular formula is C19H17FN2O2. The summed E-state index contributed by atoms with van der Waals surface area (Å²) < 4.78 is 13.0. The standard InChI is InChI=1S/C19H17FN2O2/c20-15-7-9-17(10-8-15)22-13-16(12-19(22)24)21-18(23)11-6-14-4-2-1-3-5-14/h1-11,16H,12-13H2,(H,21,23)/b11-6+. The Hall–Kier alpha value is -2.95. The van der Waals surface area contributed by atoms with Gasteiger partial charge in [0.15, 0.2) is 0 Å². The number of hydrogen-bond donors (Lipinski definition) is 1. The van der Waals surface area contributed by atoms with Gasteiger partial charge in [-0.25, -0.2) is 4.39 Å². The second-order valence-electron chi connectivity index (χ2n) is 5.63. The van der Waals surface area contributed by atoms with E-state index < -0.39 is 0 Å². The van der Waals surface area contributed by atoms with Crippen molar-refractivity contribution in [2.24, 2.45) is 0 Å². The number of halogens is 1. The highest BCUT2D eigenvalue weighted by Gasteiger charge is 2.31. The third-order valence-corrected chi connectivity index (χ3v) is 3.84. The molecule has 3 rings (SSSR count). The molecule has 0 radical (unpaired) electrons. The number of amides is 2. The van der Waals surface area contributed by atoms with Crippen LogP contribution < -0.4 is 10.2 Å². The van der Waals surface area contributed by atoms with Gasteiger partial charge in [0.25, 0.3) is 0 Å². The van der Waals surface area contributed by atoms with Crippen LogP contribution in [0.25, 0.3) is 6.08 Å². The molecule has 2 aromatic rings. The lowest BCUT2D eigenvalue weighted by Gasteiger charge is -2.16. The van der Waals surface area contributed by atoms with E-state index >= 15 is 0 Å². The summed E-state index contributed by atoms with van der Waals surface area (Å²) in [7, 11) is 0. The molecule has 1 fully saturated rings. The smallest absolute Gasteiger partial charge is 0.244 e. The van der Waals surface area contributed by atoms with Crippen LogP contribution in [-0.4, -0.2) is 24.4 Å². The van der Waals surface area contributed by atoms with Crippen LogP contribution in [0.2, 0.25) is 0 Å². The molecule has 0 aromatic heterocycles. The van der Waals surface area contributed by atoms with Crippen LogP contribution in [0.1, 0.15) is 12.0 Å². The van der Waals surface area contributed by atoms with Crippen molar-refractivity contribution in [1.82, 2.24) is 5.32 Å². The Morgan fingerprint density at radius 3 is 2.54 bits per heavy atom. The Morgan fingerprint density at radius 1 is 1.12 bits per heavy atom. The summed E-state index contributed by atoms with van der Waals surface area (Å²) in [5, 5.41) is 2.83. The van der Waals surface area contributed by atoms with Gasteiger partial charge in [0, 0.05) is 24.7 Å². The second kappa shape index (κ2) is 7.08. The van der Waals surface area contributed by atoms with E-state index in [1.54, 1.807) is 23.1 Å². The molecule has 24 heavy (non-hydrogen) atoms. The Bertz CT molecular complexity index is 757. The molecule has 1 aliphatic heterocycles. The van der Waals surface area contributed by atoms with Crippen molar-refractivity contribution in [2.45, 2.75) is 12.5 Å². The van der Waals surface area contributed by atoms with Gasteiger partial charge >= 0.3 is 0 Å². The van der Waals surface area contributed by atoms with Crippen LogP contribution in [0.3, 0.4) is 0 Å². The summed E-state index contributed by atoms with van der Waals surface area (Å²) in [4.78, 5) is 25.6. The molecule has 0 saturated carbocycles. The van der Waals surface area contributed by atoms with Gasteiger partial charge in [0.2, 0.25) is 11.8 Å². The number of rotatable bonds is 4. The number of benzene rings is 2. The Labute approximate surface area is 139 Å². The highest BCUT2D eigenvalue weighted by Crippen LogP contribution is 2.21. The number of hydrogen-bond acceptors (Lipinski definition) is 2. The SMILES string of the molecule is O=C(/C=C/c1ccccc1)NC1CC(=O)N(c2ccc(F)cc2)C1. The van der Waals surface area contributed by atoms with Gasteiger partial charge in [-0.2, -0.15) is 0 Å². The molecular weight excluding hydrogens is 307 g/mol. The van der Waals surface area contributed by atoms with Gasteiger partial charge in [-0.1, -0.05) is 30.3 Å². The fourth-order valence-corrected chi connectivity index (χ4v) is 2.66. The zero-order valence-corrected chi connectivity index (χ0v) is 13.0. The number of anilines is 1. The van der Waals surface area contributed by atoms with Crippen LogP contribution in [0.5, 0.6) is 0 Å². The molecule has 4 nitrogen and oxygen atoms in total. The van der Waals surface area contributed by atoms with E-state index in [4.69, 9.17) is 0 Å². The fraction of sp³-hybridized carbons (Fsp3) is 0.158. The summed E-state index contributed by atoms with van der Waals surface area (Å²) in [6.07, 6.45) is 3.42. The van der Waals surface area contributed by atoms with E-state index in [1.807, 2.05) is 30.3 Å². The summed E-state index contributed by atoms with van der Waals surface area (Å²) in [6.45, 7) is 0.384. The summed E-state index contributed by atoms with van der Waals surface area (Å²) in [5.74, 6) is -0.669. The second-order valence-corrected chi connectivity index (χ2v) is 5.63. The van der Waals surface area contributed by atoms with E-state index in [9.17, 15) is 14.0 Å². The minimum atomic E-state index is -0.346. The first kappa shape index (κ1) is 15.9. The van der Waals surface area contributed by atoms with Crippen molar-refractivity contribution in [1.29, 1.82) is 0 Å². The summed E-state index contributed by atoms with van der Waals surface area (Å²) >= 11 is 0. The molecule has 1 unspecified atom stereocenters. The van der Waals surface area contributed by atoms with Gasteiger partial charge in [-0.05, 0) is 35.9 Å². The molecule has 1 aliphatic rings. The van der Waals surface area contributed by atoms with E-state index in [1.165, 1.54) is 18.2 Å². The number of nitrogens with one attached hydrogen (secondary N) is 1. The third-order valence-electron chi connectivity index (χ3n) is 3.84. The van der Waals surface area contributed by atoms with E-state index in [2.05, 4.69) is 5.32 Å². The minimum Gasteiger partial charge on any atom is -0.347 e. The van der Waals surface area contributed by atoms with Crippen LogP contribution >= 0.6 is 0 Å². The van der Waals surface area contributed by atoms with Crippen molar-refractivity contribution in [2.75, 3.05) is 11.4 Å². The van der Waals surface area contributed by atoms with E-state index in [0.717, 1.165) is 5.56 Å². The molecule has 1 N–H and O–H groups in total. The van der Waals surface area contributed by atoms with Crippen molar-refractivity contribution in [3.8, 4) is 0 Å². The molecule has 1 atom stereocenters. The topological polar surface area (TPSA) is 49.4 Å². The molecule has 1 saturated heterocycles. The van der Waals surface area contributed by atoms with E-state index in [-0.39, 0.29) is 30.1 Å². The number of carbonyl (C=O) groups is 2. The van der Waals surface area contributed by atoms with Gasteiger partial charge in [0.05, 0.1) is 6.04 Å². The van der Waals surface area contributed by atoms with Gasteiger partial charge in [-0.3, -0.25) is 9.59 Å². The van der Waals surface area contributed by atoms with Crippen molar-refractivity contribution in [3.05, 3.63) is 72.1 Å². The third kappa shape index (κ3) is 3.87. The highest BCUT2D eigenvalue weighted by molar-refractivity contribution is 5.98. The maximum Gasteiger partial charge on any atom is 0.244 e. The van der Waals surface area contributed by atoms with Crippen LogP contribution in [0.4, 0.5) is 10.1 Å². The average Bonchev–Trinajstić information content (AvgIpc) is 2.95. The van der Waals surface area contributed by atoms with Crippen LogP contribution in [0, 0.1) is 5.82 Å². The fourth-order valence-electron chi connectivity index (χ4n) is 2.66. The highest BCUT2D eigenvalue weighted by atomic mass is 19.1. The lowest BCUT2D eigenvalue weighted by Crippen LogP contribution is -2.36. The predicted octanol–water partition coefficient (Wildman–Crippen LogP) is 2.76. The first-order valence-electron chi connectivity index (χ1n) is 7.71. The zero-order valence-electron chi connectivity index (χ0n) is 13.0. The molecule has 0 bridgehead atoms. The lowest BCUT2D eigenvalue weighted by molar-refractivity contribution is -0.117. The molecule has 2 aromatic carbocycles. The number of nitrogens with zero attached hydrogens (tertiary/aromatic N) is 1. The average molecular weight is 324 g/mol. The van der Waals surface area contributed by atoms with Crippen molar-refractivity contribution < 1.29 is 14.0 Å². The number of carbonyl (C=O) groups excluding carboxylic acids is 2. The maximum absolute atomic E-state index is 13.0. The molecule has 2 amide bonds. The largest absolute Gasteiger partial charge is 0.347 e. The maximum atomic E-state index is 13.0. The minimum absolute atomic E-state index is 0.0843. The normalized spacial score (nSPS) is 17.5. The molecule has 0 aliphatic carbocycles. The Balaban J connectivity index is 1.59. The lowest BCUT2D eigenvalue weighted by atomic mass is 10.2. The summed E-state index contributed by atoms with van der Waals surface area (Å²) in [6, 6.07) is 15.0. The Morgan fingerprint density at radius 2 is 1.83 bits per heavy atom. The first-order valence-corrected chi connectivity index (χ1v) is 7.71. The molecule has 0 spiro atoms. The van der Waals surface area contributed by atoms with E-state index in [0.29, 0.717) is 12.2 Å². The monoisotopic (exact) mass is 324 g/mol. The predicted molar refractivity (Wildman–Crippen MR) is 90.8 cm³/mol.